The number of benzene rings is 1. The van der Waals surface area contributed by atoms with Gasteiger partial charge in [-0.3, -0.25) is 4.57 Å². The number of halogens is 1. The Morgan fingerprint density at radius 1 is 1.29 bits per heavy atom. The lowest BCUT2D eigenvalue weighted by molar-refractivity contribution is 1.03. The Morgan fingerprint density at radius 3 is 2.71 bits per heavy atom. The van der Waals surface area contributed by atoms with Gasteiger partial charge in [-0.15, -0.1) is 10.2 Å². The Labute approximate surface area is 87.3 Å². The summed E-state index contributed by atoms with van der Waals surface area (Å²) in [6, 6.07) is 6.06. The molecule has 72 valence electrons. The predicted molar refractivity (Wildman–Crippen MR) is 55.8 cm³/mol. The van der Waals surface area contributed by atoms with Gasteiger partial charge in [-0.2, -0.15) is 0 Å². The zero-order valence-corrected chi connectivity index (χ0v) is 8.78. The van der Waals surface area contributed by atoms with Crippen LogP contribution in [0.1, 0.15) is 11.1 Å². The Bertz CT molecular complexity index is 462. The van der Waals surface area contributed by atoms with Gasteiger partial charge in [0.25, 0.3) is 0 Å². The fourth-order valence-corrected chi connectivity index (χ4v) is 1.56. The Morgan fingerprint density at radius 2 is 2.07 bits per heavy atom. The van der Waals surface area contributed by atoms with Gasteiger partial charge in [0.15, 0.2) is 0 Å². The summed E-state index contributed by atoms with van der Waals surface area (Å²) in [4.78, 5) is 0. The van der Waals surface area contributed by atoms with Crippen LogP contribution in [-0.2, 0) is 0 Å². The molecule has 0 saturated carbocycles. The molecule has 14 heavy (non-hydrogen) atoms. The maximum atomic E-state index is 5.89. The van der Waals surface area contributed by atoms with Crippen molar-refractivity contribution in [1.82, 2.24) is 14.8 Å². The van der Waals surface area contributed by atoms with Crippen LogP contribution < -0.4 is 0 Å². The van der Waals surface area contributed by atoms with Crippen LogP contribution in [0.25, 0.3) is 5.69 Å². The number of aromatic nitrogens is 3. The van der Waals surface area contributed by atoms with Gasteiger partial charge in [0, 0.05) is 0 Å². The summed E-state index contributed by atoms with van der Waals surface area (Å²) < 4.78 is 1.77. The van der Waals surface area contributed by atoms with Crippen molar-refractivity contribution >= 4 is 11.6 Å². The van der Waals surface area contributed by atoms with E-state index in [0.717, 1.165) is 5.69 Å². The number of hydrogen-bond acceptors (Lipinski definition) is 2. The molecule has 0 spiro atoms. The van der Waals surface area contributed by atoms with Crippen LogP contribution in [0.2, 0.25) is 5.28 Å². The first-order valence-electron chi connectivity index (χ1n) is 4.32. The average Bonchev–Trinajstić information content (AvgIpc) is 2.57. The summed E-state index contributed by atoms with van der Waals surface area (Å²) in [5, 5.41) is 7.88. The van der Waals surface area contributed by atoms with Crippen molar-refractivity contribution in [3.05, 3.63) is 40.9 Å². The predicted octanol–water partition coefficient (Wildman–Crippen LogP) is 2.54. The first-order chi connectivity index (χ1) is 6.70. The molecule has 0 unspecified atom stereocenters. The van der Waals surface area contributed by atoms with Crippen molar-refractivity contribution in [2.45, 2.75) is 13.8 Å². The zero-order valence-electron chi connectivity index (χ0n) is 8.03. The third-order valence-electron chi connectivity index (χ3n) is 2.34. The van der Waals surface area contributed by atoms with Crippen LogP contribution in [-0.4, -0.2) is 14.8 Å². The minimum absolute atomic E-state index is 0.388. The van der Waals surface area contributed by atoms with E-state index in [1.165, 1.54) is 11.1 Å². The number of nitrogens with zero attached hydrogens (tertiary/aromatic N) is 3. The Hall–Kier alpha value is -1.35. The molecular weight excluding hydrogens is 198 g/mol. The monoisotopic (exact) mass is 207 g/mol. The molecule has 2 aromatic rings. The summed E-state index contributed by atoms with van der Waals surface area (Å²) in [6.07, 6.45) is 1.62. The molecule has 0 amide bonds. The highest BCUT2D eigenvalue weighted by molar-refractivity contribution is 6.28. The fraction of sp³-hybridized carbons (Fsp3) is 0.200. The molecule has 1 aromatic carbocycles. The molecule has 1 heterocycles. The Balaban J connectivity index is 2.63. The molecule has 0 aliphatic rings. The summed E-state index contributed by atoms with van der Waals surface area (Å²) in [7, 11) is 0. The molecule has 3 nitrogen and oxygen atoms in total. The van der Waals surface area contributed by atoms with Gasteiger partial charge in [-0.25, -0.2) is 0 Å². The van der Waals surface area contributed by atoms with Crippen LogP contribution in [0.5, 0.6) is 0 Å². The van der Waals surface area contributed by atoms with Gasteiger partial charge < -0.3 is 0 Å². The highest BCUT2D eigenvalue weighted by Crippen LogP contribution is 2.19. The van der Waals surface area contributed by atoms with E-state index in [0.29, 0.717) is 5.28 Å². The summed E-state index contributed by atoms with van der Waals surface area (Å²) in [6.45, 7) is 4.12. The van der Waals surface area contributed by atoms with E-state index in [2.05, 4.69) is 30.1 Å². The molecule has 0 radical (unpaired) electrons. The topological polar surface area (TPSA) is 30.7 Å². The molecule has 0 saturated heterocycles. The maximum Gasteiger partial charge on any atom is 0.229 e. The van der Waals surface area contributed by atoms with Crippen molar-refractivity contribution in [3.63, 3.8) is 0 Å². The number of hydrogen-bond donors (Lipinski definition) is 0. The molecule has 2 rings (SSSR count). The largest absolute Gasteiger partial charge is 0.272 e. The number of aryl methyl sites for hydroxylation is 1. The van der Waals surface area contributed by atoms with Crippen LogP contribution in [0.4, 0.5) is 0 Å². The molecule has 0 bridgehead atoms. The van der Waals surface area contributed by atoms with E-state index in [1.54, 1.807) is 10.9 Å². The van der Waals surface area contributed by atoms with Crippen molar-refractivity contribution in [2.24, 2.45) is 0 Å². The third-order valence-corrected chi connectivity index (χ3v) is 2.60. The quantitative estimate of drug-likeness (QED) is 0.720. The van der Waals surface area contributed by atoms with Crippen LogP contribution in [0, 0.1) is 13.8 Å². The normalized spacial score (nSPS) is 10.5. The van der Waals surface area contributed by atoms with Crippen LogP contribution >= 0.6 is 11.6 Å². The van der Waals surface area contributed by atoms with E-state index in [1.807, 2.05) is 12.1 Å². The van der Waals surface area contributed by atoms with Gasteiger partial charge in [-0.05, 0) is 42.6 Å². The van der Waals surface area contributed by atoms with Crippen molar-refractivity contribution in [2.75, 3.05) is 0 Å². The average molecular weight is 208 g/mol. The smallest absolute Gasteiger partial charge is 0.229 e. The molecule has 0 fully saturated rings. The van der Waals surface area contributed by atoms with Gasteiger partial charge in [0.05, 0.1) is 5.69 Å². The summed E-state index contributed by atoms with van der Waals surface area (Å²) in [5.41, 5.74) is 3.45. The molecule has 1 aromatic heterocycles. The van der Waals surface area contributed by atoms with E-state index in [-0.39, 0.29) is 0 Å². The maximum absolute atomic E-state index is 5.89. The van der Waals surface area contributed by atoms with Gasteiger partial charge in [0.1, 0.15) is 6.33 Å². The molecule has 0 aliphatic carbocycles. The molecule has 0 aliphatic heterocycles. The molecular formula is C10H10ClN3. The fourth-order valence-electron chi connectivity index (χ4n) is 1.38. The second kappa shape index (κ2) is 3.42. The SMILES string of the molecule is Cc1cccc(-n2cnnc2Cl)c1C. The second-order valence-corrected chi connectivity index (χ2v) is 3.53. The van der Waals surface area contributed by atoms with E-state index in [9.17, 15) is 0 Å². The molecule has 0 N–H and O–H groups in total. The third kappa shape index (κ3) is 1.40. The van der Waals surface area contributed by atoms with Gasteiger partial charge in [-0.1, -0.05) is 12.1 Å². The summed E-state index contributed by atoms with van der Waals surface area (Å²) in [5.74, 6) is 0. The molecule has 4 heteroatoms. The minimum atomic E-state index is 0.388. The van der Waals surface area contributed by atoms with Crippen molar-refractivity contribution < 1.29 is 0 Å². The lowest BCUT2D eigenvalue weighted by Gasteiger charge is -2.08. The zero-order chi connectivity index (χ0) is 10.1. The van der Waals surface area contributed by atoms with Crippen molar-refractivity contribution in [3.8, 4) is 5.69 Å². The van der Waals surface area contributed by atoms with Crippen LogP contribution in [0.15, 0.2) is 24.5 Å². The lowest BCUT2D eigenvalue weighted by atomic mass is 10.1. The minimum Gasteiger partial charge on any atom is -0.272 e. The molecule has 0 atom stereocenters. The van der Waals surface area contributed by atoms with Gasteiger partial charge >= 0.3 is 0 Å². The Kier molecular flexibility index (Phi) is 2.25. The summed E-state index contributed by atoms with van der Waals surface area (Å²) >= 11 is 5.89. The standard InChI is InChI=1S/C10H10ClN3/c1-7-4-3-5-9(8(7)2)14-6-12-13-10(14)11/h3-6H,1-2H3. The van der Waals surface area contributed by atoms with Crippen molar-refractivity contribution in [1.29, 1.82) is 0 Å². The highest BCUT2D eigenvalue weighted by atomic mass is 35.5. The van der Waals surface area contributed by atoms with Gasteiger partial charge in [0.2, 0.25) is 5.28 Å². The van der Waals surface area contributed by atoms with E-state index >= 15 is 0 Å². The van der Waals surface area contributed by atoms with E-state index in [4.69, 9.17) is 11.6 Å². The number of rotatable bonds is 1. The highest BCUT2D eigenvalue weighted by Gasteiger charge is 2.06. The second-order valence-electron chi connectivity index (χ2n) is 3.19. The van der Waals surface area contributed by atoms with E-state index < -0.39 is 0 Å². The first-order valence-corrected chi connectivity index (χ1v) is 4.70. The first kappa shape index (κ1) is 9.21. The lowest BCUT2D eigenvalue weighted by Crippen LogP contribution is -1.97. The van der Waals surface area contributed by atoms with Crippen LogP contribution in [0.3, 0.4) is 0 Å².